The van der Waals surface area contributed by atoms with E-state index in [1.165, 1.54) is 0 Å². The Kier molecular flexibility index (Phi) is 4.74. The molecule has 3 heteroatoms. The third-order valence-corrected chi connectivity index (χ3v) is 2.63. The quantitative estimate of drug-likeness (QED) is 0.832. The van der Waals surface area contributed by atoms with Gasteiger partial charge in [0, 0.05) is 24.3 Å². The number of aliphatic hydroxyl groups is 1. The van der Waals surface area contributed by atoms with E-state index in [1.807, 2.05) is 12.1 Å². The smallest absolute Gasteiger partial charge is 0.134 e. The molecule has 0 saturated carbocycles. The molecule has 1 N–H and O–H groups in total. The molecule has 0 fully saturated rings. The normalized spacial score (nSPS) is 12.9. The highest BCUT2D eigenvalue weighted by Gasteiger charge is 2.16. The zero-order valence-corrected chi connectivity index (χ0v) is 10.6. The molecule has 0 bridgehead atoms. The first-order valence-corrected chi connectivity index (χ1v) is 5.97. The van der Waals surface area contributed by atoms with Crippen molar-refractivity contribution < 1.29 is 5.11 Å². The van der Waals surface area contributed by atoms with Crippen molar-refractivity contribution >= 4 is 5.82 Å². The van der Waals surface area contributed by atoms with Crippen LogP contribution in [-0.2, 0) is 0 Å². The Balaban J connectivity index is 3.07. The van der Waals surface area contributed by atoms with Crippen LogP contribution in [0.3, 0.4) is 0 Å². The molecule has 1 heterocycles. The van der Waals surface area contributed by atoms with E-state index < -0.39 is 6.10 Å². The highest BCUT2D eigenvalue weighted by Crippen LogP contribution is 2.25. The van der Waals surface area contributed by atoms with E-state index in [4.69, 9.17) is 0 Å². The van der Waals surface area contributed by atoms with Crippen LogP contribution >= 0.6 is 0 Å². The molecule has 0 amide bonds. The average molecular weight is 222 g/mol. The largest absolute Gasteiger partial charge is 0.389 e. The Hall–Kier alpha value is -1.09. The van der Waals surface area contributed by atoms with E-state index in [1.54, 1.807) is 13.1 Å². The molecule has 3 nitrogen and oxygen atoms in total. The fourth-order valence-electron chi connectivity index (χ4n) is 1.83. The van der Waals surface area contributed by atoms with Crippen LogP contribution in [0.5, 0.6) is 0 Å². The first kappa shape index (κ1) is 13.0. The third kappa shape index (κ3) is 2.95. The third-order valence-electron chi connectivity index (χ3n) is 2.63. The fourth-order valence-corrected chi connectivity index (χ4v) is 1.83. The lowest BCUT2D eigenvalue weighted by atomic mass is 10.1. The van der Waals surface area contributed by atoms with Crippen LogP contribution < -0.4 is 4.90 Å². The minimum atomic E-state index is -0.471. The van der Waals surface area contributed by atoms with Crippen molar-refractivity contribution in [3.8, 4) is 0 Å². The van der Waals surface area contributed by atoms with Crippen molar-refractivity contribution in [1.29, 1.82) is 0 Å². The highest BCUT2D eigenvalue weighted by molar-refractivity contribution is 5.48. The summed E-state index contributed by atoms with van der Waals surface area (Å²) in [7, 11) is 0. The summed E-state index contributed by atoms with van der Waals surface area (Å²) in [4.78, 5) is 6.64. The Morgan fingerprint density at radius 2 is 2.06 bits per heavy atom. The van der Waals surface area contributed by atoms with Crippen molar-refractivity contribution in [2.75, 3.05) is 11.4 Å². The SMILES string of the molecule is CCCN(c1ncccc1[C@H](C)O)C(C)C. The maximum absolute atomic E-state index is 9.74. The lowest BCUT2D eigenvalue weighted by molar-refractivity contribution is 0.199. The number of aromatic nitrogens is 1. The molecule has 1 aromatic rings. The molecule has 0 aliphatic heterocycles. The molecule has 0 radical (unpaired) electrons. The van der Waals surface area contributed by atoms with E-state index in [0.717, 1.165) is 24.3 Å². The second kappa shape index (κ2) is 5.85. The molecule has 0 unspecified atom stereocenters. The zero-order valence-electron chi connectivity index (χ0n) is 10.6. The summed E-state index contributed by atoms with van der Waals surface area (Å²) in [6.07, 6.45) is 2.39. The van der Waals surface area contributed by atoms with Crippen LogP contribution in [0.4, 0.5) is 5.82 Å². The number of hydrogen-bond donors (Lipinski definition) is 1. The molecule has 0 aliphatic rings. The minimum Gasteiger partial charge on any atom is -0.389 e. The van der Waals surface area contributed by atoms with Gasteiger partial charge < -0.3 is 10.0 Å². The summed E-state index contributed by atoms with van der Waals surface area (Å²) in [6.45, 7) is 9.20. The number of rotatable bonds is 5. The van der Waals surface area contributed by atoms with E-state index in [0.29, 0.717) is 6.04 Å². The van der Waals surface area contributed by atoms with Gasteiger partial charge in [-0.05, 0) is 33.3 Å². The van der Waals surface area contributed by atoms with Crippen molar-refractivity contribution in [1.82, 2.24) is 4.98 Å². The standard InChI is InChI=1S/C13H22N2O/c1-5-9-15(10(2)3)13-12(11(4)16)7-6-8-14-13/h6-8,10-11,16H,5,9H2,1-4H3/t11-/m0/s1. The van der Waals surface area contributed by atoms with E-state index in [2.05, 4.69) is 30.7 Å². The van der Waals surface area contributed by atoms with Crippen molar-refractivity contribution in [3.05, 3.63) is 23.9 Å². The highest BCUT2D eigenvalue weighted by atomic mass is 16.3. The molecule has 1 atom stereocenters. The maximum Gasteiger partial charge on any atom is 0.134 e. The minimum absolute atomic E-state index is 0.396. The Morgan fingerprint density at radius 1 is 1.38 bits per heavy atom. The number of pyridine rings is 1. The molecular weight excluding hydrogens is 200 g/mol. The lowest BCUT2D eigenvalue weighted by Gasteiger charge is -2.29. The number of anilines is 1. The molecule has 0 aromatic carbocycles. The fraction of sp³-hybridized carbons (Fsp3) is 0.615. The molecule has 0 saturated heterocycles. The van der Waals surface area contributed by atoms with Crippen LogP contribution in [0.1, 0.15) is 45.8 Å². The predicted octanol–water partition coefficient (Wildman–Crippen LogP) is 2.76. The summed E-state index contributed by atoms with van der Waals surface area (Å²) in [5.41, 5.74) is 0.907. The summed E-state index contributed by atoms with van der Waals surface area (Å²) < 4.78 is 0. The van der Waals surface area contributed by atoms with Crippen LogP contribution in [0.15, 0.2) is 18.3 Å². The molecule has 90 valence electrons. The van der Waals surface area contributed by atoms with Crippen molar-refractivity contribution in [2.24, 2.45) is 0 Å². The van der Waals surface area contributed by atoms with Crippen LogP contribution in [0, 0.1) is 0 Å². The maximum atomic E-state index is 9.74. The van der Waals surface area contributed by atoms with Crippen LogP contribution in [0.2, 0.25) is 0 Å². The van der Waals surface area contributed by atoms with Gasteiger partial charge in [-0.15, -0.1) is 0 Å². The Bertz CT molecular complexity index is 323. The van der Waals surface area contributed by atoms with Gasteiger partial charge >= 0.3 is 0 Å². The van der Waals surface area contributed by atoms with Crippen LogP contribution in [0.25, 0.3) is 0 Å². The summed E-state index contributed by atoms with van der Waals surface area (Å²) in [6, 6.07) is 4.21. The van der Waals surface area contributed by atoms with Crippen molar-refractivity contribution in [3.63, 3.8) is 0 Å². The first-order chi connectivity index (χ1) is 7.57. The van der Waals surface area contributed by atoms with E-state index >= 15 is 0 Å². The van der Waals surface area contributed by atoms with Gasteiger partial charge in [0.25, 0.3) is 0 Å². The topological polar surface area (TPSA) is 36.4 Å². The summed E-state index contributed by atoms with van der Waals surface area (Å²) >= 11 is 0. The van der Waals surface area contributed by atoms with Gasteiger partial charge in [0.1, 0.15) is 5.82 Å². The Labute approximate surface area is 98.1 Å². The molecule has 16 heavy (non-hydrogen) atoms. The summed E-state index contributed by atoms with van der Waals surface area (Å²) in [5, 5.41) is 9.74. The number of nitrogens with zero attached hydrogens (tertiary/aromatic N) is 2. The number of hydrogen-bond acceptors (Lipinski definition) is 3. The zero-order chi connectivity index (χ0) is 12.1. The van der Waals surface area contributed by atoms with Gasteiger partial charge in [-0.1, -0.05) is 13.0 Å². The second-order valence-corrected chi connectivity index (χ2v) is 4.38. The van der Waals surface area contributed by atoms with Gasteiger partial charge in [0.2, 0.25) is 0 Å². The Morgan fingerprint density at radius 3 is 2.56 bits per heavy atom. The van der Waals surface area contributed by atoms with Gasteiger partial charge in [0.15, 0.2) is 0 Å². The average Bonchev–Trinajstić information content (AvgIpc) is 2.25. The van der Waals surface area contributed by atoms with Gasteiger partial charge in [-0.25, -0.2) is 4.98 Å². The van der Waals surface area contributed by atoms with E-state index in [-0.39, 0.29) is 0 Å². The molecule has 0 aliphatic carbocycles. The summed E-state index contributed by atoms with van der Waals surface area (Å²) in [5.74, 6) is 0.911. The van der Waals surface area contributed by atoms with Gasteiger partial charge in [-0.2, -0.15) is 0 Å². The molecular formula is C13H22N2O. The van der Waals surface area contributed by atoms with Crippen molar-refractivity contribution in [2.45, 2.75) is 46.3 Å². The first-order valence-electron chi connectivity index (χ1n) is 5.97. The predicted molar refractivity (Wildman–Crippen MR) is 67.6 cm³/mol. The molecule has 0 spiro atoms. The van der Waals surface area contributed by atoms with Gasteiger partial charge in [-0.3, -0.25) is 0 Å². The van der Waals surface area contributed by atoms with Crippen LogP contribution in [-0.4, -0.2) is 22.7 Å². The number of aliphatic hydroxyl groups excluding tert-OH is 1. The lowest BCUT2D eigenvalue weighted by Crippen LogP contribution is -2.33. The molecule has 1 rings (SSSR count). The monoisotopic (exact) mass is 222 g/mol. The van der Waals surface area contributed by atoms with Gasteiger partial charge in [0.05, 0.1) is 6.10 Å². The second-order valence-electron chi connectivity index (χ2n) is 4.38. The molecule has 1 aromatic heterocycles. The van der Waals surface area contributed by atoms with E-state index in [9.17, 15) is 5.11 Å².